The zero-order valence-electron chi connectivity index (χ0n) is 11.0. The molecule has 106 valence electrons. The van der Waals surface area contributed by atoms with Crippen LogP contribution in [0.1, 0.15) is 28.8 Å². The molecule has 1 aliphatic heterocycles. The maximum atomic E-state index is 11.8. The summed E-state index contributed by atoms with van der Waals surface area (Å²) < 4.78 is -0.136. The summed E-state index contributed by atoms with van der Waals surface area (Å²) in [5.41, 5.74) is 1.63. The number of aliphatic imine (C=N–C) groups is 1. The van der Waals surface area contributed by atoms with Crippen molar-refractivity contribution in [3.63, 3.8) is 0 Å². The number of carbonyl (C=O) groups excluding carboxylic acids is 2. The maximum Gasteiger partial charge on any atom is 0.228 e. The molecule has 0 aliphatic carbocycles. The Balaban J connectivity index is 1.80. The summed E-state index contributed by atoms with van der Waals surface area (Å²) >= 11 is 2.90. The van der Waals surface area contributed by atoms with E-state index in [1.54, 1.807) is 12.1 Å². The zero-order chi connectivity index (χ0) is 14.4. The predicted octanol–water partition coefficient (Wildman–Crippen LogP) is 1.62. The molecule has 5 nitrogen and oxygen atoms in total. The quantitative estimate of drug-likeness (QED) is 0.820. The van der Waals surface area contributed by atoms with Gasteiger partial charge in [0.15, 0.2) is 5.96 Å². The van der Waals surface area contributed by atoms with Gasteiger partial charge in [-0.15, -0.1) is 0 Å². The van der Waals surface area contributed by atoms with Crippen molar-refractivity contribution in [2.45, 2.75) is 19.3 Å². The van der Waals surface area contributed by atoms with E-state index in [9.17, 15) is 9.59 Å². The number of halogens is 1. The minimum atomic E-state index is -0.136. The van der Waals surface area contributed by atoms with Gasteiger partial charge in [-0.25, -0.2) is 0 Å². The van der Waals surface area contributed by atoms with Gasteiger partial charge in [0.05, 0.1) is 0 Å². The first kappa shape index (κ1) is 14.7. The fourth-order valence-corrected chi connectivity index (χ4v) is 2.14. The number of guanidine groups is 1. The molecule has 1 aromatic carbocycles. The highest BCUT2D eigenvalue weighted by Gasteiger charge is 2.08. The molecular formula is C14H16BrN3O2. The van der Waals surface area contributed by atoms with Crippen molar-refractivity contribution < 1.29 is 9.59 Å². The average Bonchev–Trinajstić information content (AvgIpc) is 2.46. The van der Waals surface area contributed by atoms with Gasteiger partial charge in [-0.2, -0.15) is 0 Å². The summed E-state index contributed by atoms with van der Waals surface area (Å²) in [6, 6.07) is 7.21. The van der Waals surface area contributed by atoms with Gasteiger partial charge in [-0.05, 0) is 34.3 Å². The van der Waals surface area contributed by atoms with E-state index in [1.165, 1.54) is 0 Å². The van der Waals surface area contributed by atoms with Gasteiger partial charge in [0, 0.05) is 25.1 Å². The first-order valence-corrected chi connectivity index (χ1v) is 7.31. The Morgan fingerprint density at radius 2 is 2.05 bits per heavy atom. The number of carbonyl (C=O) groups is 2. The summed E-state index contributed by atoms with van der Waals surface area (Å²) in [5, 5.41) is 5.80. The minimum absolute atomic E-state index is 0.0567. The van der Waals surface area contributed by atoms with E-state index < -0.39 is 0 Å². The van der Waals surface area contributed by atoms with Crippen LogP contribution in [0.25, 0.3) is 0 Å². The van der Waals surface area contributed by atoms with Crippen LogP contribution in [-0.4, -0.2) is 29.6 Å². The summed E-state index contributed by atoms with van der Waals surface area (Å²) in [6.45, 7) is 1.60. The highest BCUT2D eigenvalue weighted by Crippen LogP contribution is 2.09. The Bertz CT molecular complexity index is 526. The molecule has 0 saturated heterocycles. The molecule has 0 aromatic heterocycles. The van der Waals surface area contributed by atoms with Crippen LogP contribution in [0, 0.1) is 0 Å². The Hall–Kier alpha value is -1.69. The molecule has 2 rings (SSSR count). The van der Waals surface area contributed by atoms with Crippen LogP contribution in [0.5, 0.6) is 0 Å². The van der Waals surface area contributed by atoms with E-state index >= 15 is 0 Å². The lowest BCUT2D eigenvalue weighted by Gasteiger charge is -2.14. The van der Waals surface area contributed by atoms with Gasteiger partial charge in [0.25, 0.3) is 0 Å². The first-order chi connectivity index (χ1) is 9.65. The third-order valence-electron chi connectivity index (χ3n) is 2.98. The summed E-state index contributed by atoms with van der Waals surface area (Å²) in [7, 11) is 0. The molecule has 0 bridgehead atoms. The third-order valence-corrected chi connectivity index (χ3v) is 3.43. The monoisotopic (exact) mass is 337 g/mol. The smallest absolute Gasteiger partial charge is 0.228 e. The molecule has 0 fully saturated rings. The molecule has 1 amide bonds. The van der Waals surface area contributed by atoms with Crippen molar-refractivity contribution in [3.05, 3.63) is 35.4 Å². The topological polar surface area (TPSA) is 70.6 Å². The van der Waals surface area contributed by atoms with E-state index in [0.29, 0.717) is 24.4 Å². The second-order valence-electron chi connectivity index (χ2n) is 4.53. The van der Waals surface area contributed by atoms with E-state index in [1.807, 2.05) is 12.1 Å². The number of nitrogens with zero attached hydrogens (tertiary/aromatic N) is 1. The Morgan fingerprint density at radius 1 is 1.30 bits per heavy atom. The predicted molar refractivity (Wildman–Crippen MR) is 81.1 cm³/mol. The number of nitrogens with one attached hydrogen (secondary N) is 2. The summed E-state index contributed by atoms with van der Waals surface area (Å²) in [6.07, 6.45) is 2.02. The van der Waals surface area contributed by atoms with Gasteiger partial charge in [0.1, 0.15) is 0 Å². The van der Waals surface area contributed by atoms with Crippen molar-refractivity contribution in [1.82, 2.24) is 10.6 Å². The van der Waals surface area contributed by atoms with Gasteiger partial charge in [-0.1, -0.05) is 24.3 Å². The molecule has 0 atom stereocenters. The van der Waals surface area contributed by atoms with Crippen LogP contribution in [0.3, 0.4) is 0 Å². The summed E-state index contributed by atoms with van der Waals surface area (Å²) in [4.78, 5) is 27.0. The van der Waals surface area contributed by atoms with Gasteiger partial charge in [-0.3, -0.25) is 19.9 Å². The second-order valence-corrected chi connectivity index (χ2v) is 5.25. The molecule has 20 heavy (non-hydrogen) atoms. The lowest BCUT2D eigenvalue weighted by molar-refractivity contribution is -0.119. The largest absolute Gasteiger partial charge is 0.356 e. The number of rotatable bonds is 4. The Labute approximate surface area is 126 Å². The molecular weight excluding hydrogens is 322 g/mol. The lowest BCUT2D eigenvalue weighted by atomic mass is 10.1. The Kier molecular flexibility index (Phi) is 5.29. The fraction of sp³-hybridized carbons (Fsp3) is 0.357. The highest BCUT2D eigenvalue weighted by molar-refractivity contribution is 9.18. The van der Waals surface area contributed by atoms with Crippen molar-refractivity contribution in [1.29, 1.82) is 0 Å². The van der Waals surface area contributed by atoms with E-state index in [2.05, 4.69) is 31.6 Å². The zero-order valence-corrected chi connectivity index (χ0v) is 12.6. The lowest BCUT2D eigenvalue weighted by Crippen LogP contribution is -2.43. The normalized spacial score (nSPS) is 14.2. The van der Waals surface area contributed by atoms with Crippen LogP contribution in [-0.2, 0) is 11.2 Å². The van der Waals surface area contributed by atoms with Crippen LogP contribution in [0.15, 0.2) is 29.3 Å². The van der Waals surface area contributed by atoms with Gasteiger partial charge in [0.2, 0.25) is 10.6 Å². The number of amides is 1. The molecule has 0 spiro atoms. The van der Waals surface area contributed by atoms with Crippen LogP contribution in [0.4, 0.5) is 0 Å². The van der Waals surface area contributed by atoms with Crippen LogP contribution >= 0.6 is 15.9 Å². The molecule has 1 aliphatic rings. The Morgan fingerprint density at radius 3 is 2.65 bits per heavy atom. The second kappa shape index (κ2) is 7.19. The van der Waals surface area contributed by atoms with Crippen molar-refractivity contribution >= 4 is 32.5 Å². The van der Waals surface area contributed by atoms with E-state index in [4.69, 9.17) is 0 Å². The average molecular weight is 338 g/mol. The summed E-state index contributed by atoms with van der Waals surface area (Å²) in [5.74, 6) is 0.514. The minimum Gasteiger partial charge on any atom is -0.356 e. The van der Waals surface area contributed by atoms with Crippen LogP contribution < -0.4 is 10.6 Å². The van der Waals surface area contributed by atoms with E-state index in [0.717, 1.165) is 25.1 Å². The molecule has 0 unspecified atom stereocenters. The molecule has 1 aromatic rings. The molecule has 6 heteroatoms. The van der Waals surface area contributed by atoms with Gasteiger partial charge >= 0.3 is 0 Å². The third kappa shape index (κ3) is 4.45. The first-order valence-electron chi connectivity index (χ1n) is 6.52. The van der Waals surface area contributed by atoms with E-state index in [-0.39, 0.29) is 10.6 Å². The van der Waals surface area contributed by atoms with Crippen molar-refractivity contribution in [2.75, 3.05) is 13.1 Å². The molecule has 0 saturated carbocycles. The number of aryl methyl sites for hydroxylation is 1. The fourth-order valence-electron chi connectivity index (χ4n) is 1.87. The molecule has 1 heterocycles. The van der Waals surface area contributed by atoms with Crippen molar-refractivity contribution in [3.8, 4) is 0 Å². The number of hydrogen-bond donors (Lipinski definition) is 2. The number of hydrogen-bond acceptors (Lipinski definition) is 4. The SMILES string of the molecule is O=C(CCc1ccc(C(=O)Br)cc1)NC1=NCCCN1. The maximum absolute atomic E-state index is 11.8. The van der Waals surface area contributed by atoms with Crippen molar-refractivity contribution in [2.24, 2.45) is 4.99 Å². The van der Waals surface area contributed by atoms with Gasteiger partial charge < -0.3 is 5.32 Å². The standard InChI is InChI=1S/C14H16BrN3O2/c15-13(20)11-5-2-10(3-6-11)4-7-12(19)18-14-16-8-1-9-17-14/h2-3,5-6H,1,4,7-9H2,(H2,16,17,18,19). The molecule has 0 radical (unpaired) electrons. The molecule has 2 N–H and O–H groups in total. The number of benzene rings is 1. The van der Waals surface area contributed by atoms with Crippen LogP contribution in [0.2, 0.25) is 0 Å². The highest BCUT2D eigenvalue weighted by atomic mass is 79.9.